The molecule has 0 fully saturated rings. The summed E-state index contributed by atoms with van der Waals surface area (Å²) >= 11 is 6.45. The molecule has 9 heteroatoms. The second kappa shape index (κ2) is 11.1. The molecule has 0 saturated carbocycles. The molecule has 8 nitrogen and oxygen atoms in total. The highest BCUT2D eigenvalue weighted by Crippen LogP contribution is 2.41. The third kappa shape index (κ3) is 5.79. The van der Waals surface area contributed by atoms with Crippen LogP contribution in [0.15, 0.2) is 84.9 Å². The Bertz CT molecular complexity index is 1810. The molecule has 6 rings (SSSR count). The van der Waals surface area contributed by atoms with Gasteiger partial charge in [0.1, 0.15) is 23.2 Å². The number of amides is 2. The van der Waals surface area contributed by atoms with Crippen LogP contribution in [0, 0.1) is 0 Å². The molecule has 1 aliphatic rings. The Morgan fingerprint density at radius 3 is 2.47 bits per heavy atom. The van der Waals surface area contributed by atoms with Crippen LogP contribution in [0.25, 0.3) is 22.2 Å². The zero-order chi connectivity index (χ0) is 30.3. The highest BCUT2D eigenvalue weighted by atomic mass is 35.5. The number of aromatic nitrogens is 2. The van der Waals surface area contributed by atoms with E-state index < -0.39 is 17.7 Å². The third-order valence-electron chi connectivity index (χ3n) is 7.27. The third-order valence-corrected chi connectivity index (χ3v) is 7.51. The molecule has 0 bridgehead atoms. The number of nitrogens with one attached hydrogen (secondary N) is 2. The van der Waals surface area contributed by atoms with E-state index in [-0.39, 0.29) is 5.91 Å². The number of anilines is 1. The minimum atomic E-state index is -0.587. The summed E-state index contributed by atoms with van der Waals surface area (Å²) in [6.45, 7) is 5.84. The van der Waals surface area contributed by atoms with Crippen molar-refractivity contribution in [3.05, 3.63) is 112 Å². The van der Waals surface area contributed by atoms with Crippen molar-refractivity contribution in [3.8, 4) is 16.9 Å². The molecule has 2 N–H and O–H groups in total. The lowest BCUT2D eigenvalue weighted by atomic mass is 10.00. The van der Waals surface area contributed by atoms with Gasteiger partial charge in [-0.2, -0.15) is 0 Å². The Labute approximate surface area is 254 Å². The Balaban J connectivity index is 1.32. The van der Waals surface area contributed by atoms with Crippen molar-refractivity contribution < 1.29 is 19.1 Å². The smallest absolute Gasteiger partial charge is 0.412 e. The van der Waals surface area contributed by atoms with Crippen molar-refractivity contribution in [2.24, 2.45) is 0 Å². The van der Waals surface area contributed by atoms with Crippen molar-refractivity contribution in [2.75, 3.05) is 12.4 Å². The van der Waals surface area contributed by atoms with Crippen LogP contribution in [-0.4, -0.2) is 39.6 Å². The maximum Gasteiger partial charge on any atom is 0.412 e. The molecule has 1 atom stereocenters. The number of benzene rings is 4. The number of hydrogen-bond donors (Lipinski definition) is 2. The number of halogens is 1. The van der Waals surface area contributed by atoms with E-state index in [1.54, 1.807) is 24.1 Å². The summed E-state index contributed by atoms with van der Waals surface area (Å²) in [5, 5.41) is 3.28. The fourth-order valence-corrected chi connectivity index (χ4v) is 5.54. The molecule has 1 unspecified atom stereocenters. The summed E-state index contributed by atoms with van der Waals surface area (Å²) in [4.78, 5) is 36.3. The summed E-state index contributed by atoms with van der Waals surface area (Å²) in [7, 11) is 1.60. The highest BCUT2D eigenvalue weighted by Gasteiger charge is 2.37. The average molecular weight is 595 g/mol. The molecule has 218 valence electrons. The van der Waals surface area contributed by atoms with E-state index in [1.807, 2.05) is 93.6 Å². The first-order valence-corrected chi connectivity index (χ1v) is 14.3. The molecule has 1 aliphatic heterocycles. The fraction of sp³-hybridized carbons (Fsp3) is 0.206. The van der Waals surface area contributed by atoms with Crippen LogP contribution in [-0.2, 0) is 11.3 Å². The number of imidazole rings is 1. The summed E-state index contributed by atoms with van der Waals surface area (Å²) in [6.07, 6.45) is -0.515. The topological polar surface area (TPSA) is 96.6 Å². The molecule has 0 radical (unpaired) electrons. The zero-order valence-corrected chi connectivity index (χ0v) is 25.0. The average Bonchev–Trinajstić information content (AvgIpc) is 3.53. The number of hydrogen-bond acceptors (Lipinski definition) is 5. The Morgan fingerprint density at radius 2 is 1.74 bits per heavy atom. The molecular formula is C34H31ClN4O4. The number of ether oxygens (including phenoxy) is 2. The number of rotatable bonds is 6. The first-order chi connectivity index (χ1) is 20.6. The van der Waals surface area contributed by atoms with Gasteiger partial charge in [0.05, 0.1) is 18.1 Å². The lowest BCUT2D eigenvalue weighted by molar-refractivity contribution is 0.0635. The second-order valence-electron chi connectivity index (χ2n) is 11.4. The van der Waals surface area contributed by atoms with Gasteiger partial charge in [-0.25, -0.2) is 9.78 Å². The normalized spacial score (nSPS) is 13.6. The van der Waals surface area contributed by atoms with Gasteiger partial charge in [-0.1, -0.05) is 48.0 Å². The summed E-state index contributed by atoms with van der Waals surface area (Å²) in [5.74, 6) is 1.11. The van der Waals surface area contributed by atoms with Crippen LogP contribution in [0.1, 0.15) is 54.1 Å². The van der Waals surface area contributed by atoms with Crippen molar-refractivity contribution >= 4 is 40.3 Å². The molecule has 1 aromatic heterocycles. The molecule has 0 saturated heterocycles. The van der Waals surface area contributed by atoms with E-state index in [2.05, 4.69) is 10.3 Å². The predicted octanol–water partition coefficient (Wildman–Crippen LogP) is 7.98. The van der Waals surface area contributed by atoms with Gasteiger partial charge in [0.2, 0.25) is 0 Å². The predicted molar refractivity (Wildman–Crippen MR) is 168 cm³/mol. The van der Waals surface area contributed by atoms with E-state index in [1.165, 1.54) is 0 Å². The van der Waals surface area contributed by atoms with Gasteiger partial charge in [0.15, 0.2) is 0 Å². The van der Waals surface area contributed by atoms with Gasteiger partial charge >= 0.3 is 6.09 Å². The lowest BCUT2D eigenvalue weighted by Crippen LogP contribution is -2.31. The van der Waals surface area contributed by atoms with Crippen LogP contribution >= 0.6 is 11.6 Å². The largest absolute Gasteiger partial charge is 0.496 e. The standard InChI is InChI=1S/C34H31ClN4O4/c1-34(2,3)43-33(41)36-24-14-11-20(12-15-24)21-9-10-22-19-39(32(40)25(22)17-21)30(26-18-23(35)13-16-29(26)42-4)31-37-27-7-5-6-8-28(27)38-31/h5-18,30H,19H2,1-4H3,(H,36,41)(H,37,38). The Kier molecular flexibility index (Phi) is 7.31. The van der Waals surface area contributed by atoms with Crippen LogP contribution in [0.4, 0.5) is 10.5 Å². The number of nitrogens with zero attached hydrogens (tertiary/aromatic N) is 2. The summed E-state index contributed by atoms with van der Waals surface area (Å²) in [5.41, 5.74) is 5.78. The molecule has 4 aromatic carbocycles. The Hall–Kier alpha value is -4.82. The highest BCUT2D eigenvalue weighted by molar-refractivity contribution is 6.30. The minimum Gasteiger partial charge on any atom is -0.496 e. The number of methoxy groups -OCH3 is 1. The van der Waals surface area contributed by atoms with Crippen molar-refractivity contribution in [3.63, 3.8) is 0 Å². The monoisotopic (exact) mass is 594 g/mol. The van der Waals surface area contributed by atoms with Gasteiger partial charge in [0.25, 0.3) is 5.91 Å². The van der Waals surface area contributed by atoms with Gasteiger partial charge in [-0.3, -0.25) is 10.1 Å². The van der Waals surface area contributed by atoms with Crippen molar-refractivity contribution in [1.82, 2.24) is 14.9 Å². The molecule has 43 heavy (non-hydrogen) atoms. The molecular weight excluding hydrogens is 564 g/mol. The molecule has 2 amide bonds. The van der Waals surface area contributed by atoms with Crippen LogP contribution < -0.4 is 10.1 Å². The molecule has 0 aliphatic carbocycles. The van der Waals surface area contributed by atoms with Gasteiger partial charge < -0.3 is 19.4 Å². The first kappa shape index (κ1) is 28.3. The van der Waals surface area contributed by atoms with Gasteiger partial charge in [0, 0.05) is 28.4 Å². The Morgan fingerprint density at radius 1 is 1.00 bits per heavy atom. The number of aromatic amines is 1. The maximum atomic E-state index is 14.1. The quantitative estimate of drug-likeness (QED) is 0.208. The van der Waals surface area contributed by atoms with E-state index in [0.717, 1.165) is 33.3 Å². The van der Waals surface area contributed by atoms with Crippen LogP contribution in [0.2, 0.25) is 5.02 Å². The zero-order valence-electron chi connectivity index (χ0n) is 24.3. The molecule has 0 spiro atoms. The summed E-state index contributed by atoms with van der Waals surface area (Å²) in [6, 6.07) is 25.9. The molecule has 5 aromatic rings. The lowest BCUT2D eigenvalue weighted by Gasteiger charge is -2.28. The van der Waals surface area contributed by atoms with E-state index in [0.29, 0.717) is 34.4 Å². The number of para-hydroxylation sites is 2. The number of carbonyl (C=O) groups is 2. The van der Waals surface area contributed by atoms with Crippen molar-refractivity contribution in [2.45, 2.75) is 39.0 Å². The van der Waals surface area contributed by atoms with Gasteiger partial charge in [-0.05, 0) is 86.0 Å². The number of fused-ring (bicyclic) bond motifs is 2. The second-order valence-corrected chi connectivity index (χ2v) is 11.9. The van der Waals surface area contributed by atoms with Gasteiger partial charge in [-0.15, -0.1) is 0 Å². The van der Waals surface area contributed by atoms with E-state index >= 15 is 0 Å². The minimum absolute atomic E-state index is 0.118. The maximum absolute atomic E-state index is 14.1. The van der Waals surface area contributed by atoms with Crippen LogP contribution in [0.5, 0.6) is 5.75 Å². The van der Waals surface area contributed by atoms with Crippen molar-refractivity contribution in [1.29, 1.82) is 0 Å². The SMILES string of the molecule is COc1ccc(Cl)cc1C(c1nc2ccccc2[nH]1)N1Cc2ccc(-c3ccc(NC(=O)OC(C)(C)C)cc3)cc2C1=O. The first-order valence-electron chi connectivity index (χ1n) is 13.9. The summed E-state index contributed by atoms with van der Waals surface area (Å²) < 4.78 is 11.0. The molecule has 2 heterocycles. The van der Waals surface area contributed by atoms with Crippen LogP contribution in [0.3, 0.4) is 0 Å². The number of H-pyrrole nitrogens is 1. The number of carbonyl (C=O) groups excluding carboxylic acids is 2. The fourth-order valence-electron chi connectivity index (χ4n) is 5.36. The van der Waals surface area contributed by atoms with E-state index in [9.17, 15) is 9.59 Å². The van der Waals surface area contributed by atoms with E-state index in [4.69, 9.17) is 26.1 Å².